The Morgan fingerprint density at radius 1 is 1.04 bits per heavy atom. The third-order valence-electron chi connectivity index (χ3n) is 5.09. The topological polar surface area (TPSA) is 73.5 Å². The maximum absolute atomic E-state index is 13.3. The Bertz CT molecular complexity index is 849. The number of carbonyl (C=O) groups is 2. The summed E-state index contributed by atoms with van der Waals surface area (Å²) in [5, 5.41) is 2.79. The lowest BCUT2D eigenvalue weighted by Gasteiger charge is -2.35. The fraction of sp³-hybridized carbons (Fsp3) is 0.300. The fourth-order valence-electron chi connectivity index (χ4n) is 3.65. The number of carbonyl (C=O) groups excluding carboxylic acids is 2. The van der Waals surface area contributed by atoms with Gasteiger partial charge in [-0.05, 0) is 35.4 Å². The van der Waals surface area contributed by atoms with Crippen molar-refractivity contribution in [3.8, 4) is 0 Å². The van der Waals surface area contributed by atoms with Gasteiger partial charge in [0, 0.05) is 37.7 Å². The number of hydrogen-bond donors (Lipinski definition) is 3. The molecule has 27 heavy (non-hydrogen) atoms. The van der Waals surface area contributed by atoms with Crippen molar-refractivity contribution in [2.24, 2.45) is 0 Å². The van der Waals surface area contributed by atoms with Crippen LogP contribution in [0.5, 0.6) is 0 Å². The second-order valence-corrected chi connectivity index (χ2v) is 6.83. The van der Waals surface area contributed by atoms with Crippen LogP contribution in [0.1, 0.15) is 33.4 Å². The molecule has 6 nitrogen and oxygen atoms in total. The maximum atomic E-state index is 13.3. The molecule has 0 radical (unpaired) electrons. The van der Waals surface area contributed by atoms with E-state index in [4.69, 9.17) is 0 Å². The minimum Gasteiger partial charge on any atom is -0.352 e. The lowest BCUT2D eigenvalue weighted by Crippen LogP contribution is -2.52. The first-order valence-corrected chi connectivity index (χ1v) is 9.03. The molecule has 2 heterocycles. The highest BCUT2D eigenvalue weighted by Gasteiger charge is 2.35. The van der Waals surface area contributed by atoms with Crippen LogP contribution >= 0.6 is 0 Å². The Labute approximate surface area is 156 Å². The van der Waals surface area contributed by atoms with E-state index in [1.54, 1.807) is 23.1 Å². The summed E-state index contributed by atoms with van der Waals surface area (Å²) in [6.07, 6.45) is 0. The van der Waals surface area contributed by atoms with E-state index in [2.05, 4.69) is 16.2 Å². The number of rotatable bonds is 3. The summed E-state index contributed by atoms with van der Waals surface area (Å²) in [5.74, 6) is -0.517. The quantitative estimate of drug-likeness (QED) is 0.764. The molecule has 2 saturated heterocycles. The van der Waals surface area contributed by atoms with E-state index in [-0.39, 0.29) is 17.6 Å². The van der Waals surface area contributed by atoms with Crippen LogP contribution in [0.15, 0.2) is 48.5 Å². The van der Waals surface area contributed by atoms with Crippen molar-refractivity contribution in [2.75, 3.05) is 26.2 Å². The minimum atomic E-state index is -0.759. The van der Waals surface area contributed by atoms with Crippen molar-refractivity contribution < 1.29 is 14.0 Å². The van der Waals surface area contributed by atoms with E-state index in [1.807, 2.05) is 18.2 Å². The molecule has 2 aliphatic heterocycles. The van der Waals surface area contributed by atoms with E-state index < -0.39 is 6.04 Å². The average Bonchev–Trinajstić information content (AvgIpc) is 3.23. The SMILES string of the molecule is O=C1NCCN(C(=O)c2cccc(C3CNNC3)c2)C1c1ccc(F)cc1. The van der Waals surface area contributed by atoms with Gasteiger partial charge in [0.25, 0.3) is 5.91 Å². The van der Waals surface area contributed by atoms with Gasteiger partial charge < -0.3 is 10.2 Å². The van der Waals surface area contributed by atoms with Crippen molar-refractivity contribution in [3.05, 3.63) is 71.0 Å². The molecule has 0 bridgehead atoms. The number of amides is 2. The van der Waals surface area contributed by atoms with Gasteiger partial charge in [0.1, 0.15) is 11.9 Å². The van der Waals surface area contributed by atoms with Crippen LogP contribution in [0.3, 0.4) is 0 Å². The molecule has 0 aliphatic carbocycles. The number of nitrogens with one attached hydrogen (secondary N) is 3. The summed E-state index contributed by atoms with van der Waals surface area (Å²) in [5.41, 5.74) is 8.42. The van der Waals surface area contributed by atoms with Gasteiger partial charge in [0.2, 0.25) is 5.91 Å². The summed E-state index contributed by atoms with van der Waals surface area (Å²) in [6.45, 7) is 2.42. The first-order valence-electron chi connectivity index (χ1n) is 9.03. The molecule has 7 heteroatoms. The third kappa shape index (κ3) is 3.56. The van der Waals surface area contributed by atoms with Crippen LogP contribution in [0.25, 0.3) is 0 Å². The van der Waals surface area contributed by atoms with Gasteiger partial charge in [-0.15, -0.1) is 0 Å². The van der Waals surface area contributed by atoms with E-state index in [0.717, 1.165) is 18.7 Å². The fourth-order valence-corrected chi connectivity index (χ4v) is 3.65. The lowest BCUT2D eigenvalue weighted by atomic mass is 9.96. The molecule has 4 rings (SSSR count). The molecule has 1 atom stereocenters. The number of hydrogen-bond acceptors (Lipinski definition) is 4. The maximum Gasteiger partial charge on any atom is 0.254 e. The van der Waals surface area contributed by atoms with Gasteiger partial charge in [-0.25, -0.2) is 4.39 Å². The van der Waals surface area contributed by atoms with E-state index in [9.17, 15) is 14.0 Å². The summed E-state index contributed by atoms with van der Waals surface area (Å²) in [7, 11) is 0. The zero-order valence-corrected chi connectivity index (χ0v) is 14.7. The van der Waals surface area contributed by atoms with E-state index in [0.29, 0.717) is 30.1 Å². The first-order chi connectivity index (χ1) is 13.1. The molecular formula is C20H21FN4O2. The Kier molecular flexibility index (Phi) is 4.87. The Morgan fingerprint density at radius 3 is 2.52 bits per heavy atom. The predicted molar refractivity (Wildman–Crippen MR) is 98.4 cm³/mol. The molecule has 2 aromatic carbocycles. The molecule has 2 aromatic rings. The molecule has 1 unspecified atom stereocenters. The highest BCUT2D eigenvalue weighted by molar-refractivity contribution is 5.98. The van der Waals surface area contributed by atoms with Crippen LogP contribution in [0.4, 0.5) is 4.39 Å². The van der Waals surface area contributed by atoms with E-state index >= 15 is 0 Å². The minimum absolute atomic E-state index is 0.194. The molecular weight excluding hydrogens is 347 g/mol. The highest BCUT2D eigenvalue weighted by atomic mass is 19.1. The molecule has 2 amide bonds. The Balaban J connectivity index is 1.63. The number of halogens is 1. The van der Waals surface area contributed by atoms with Gasteiger partial charge in [-0.3, -0.25) is 20.4 Å². The predicted octanol–water partition coefficient (Wildman–Crippen LogP) is 1.33. The summed E-state index contributed by atoms with van der Waals surface area (Å²) >= 11 is 0. The van der Waals surface area contributed by atoms with Crippen LogP contribution in [-0.4, -0.2) is 42.9 Å². The smallest absolute Gasteiger partial charge is 0.254 e. The first kappa shape index (κ1) is 17.6. The zero-order chi connectivity index (χ0) is 18.8. The van der Waals surface area contributed by atoms with Crippen molar-refractivity contribution in [1.82, 2.24) is 21.1 Å². The molecule has 0 aromatic heterocycles. The van der Waals surface area contributed by atoms with Crippen LogP contribution < -0.4 is 16.2 Å². The lowest BCUT2D eigenvalue weighted by molar-refractivity contribution is -0.128. The molecule has 2 aliphatic rings. The molecule has 0 spiro atoms. The molecule has 2 fully saturated rings. The zero-order valence-electron chi connectivity index (χ0n) is 14.7. The van der Waals surface area contributed by atoms with Gasteiger partial charge in [-0.1, -0.05) is 24.3 Å². The van der Waals surface area contributed by atoms with Crippen molar-refractivity contribution in [2.45, 2.75) is 12.0 Å². The summed E-state index contributed by atoms with van der Waals surface area (Å²) < 4.78 is 13.3. The van der Waals surface area contributed by atoms with Crippen LogP contribution in [0.2, 0.25) is 0 Å². The highest BCUT2D eigenvalue weighted by Crippen LogP contribution is 2.26. The largest absolute Gasteiger partial charge is 0.352 e. The van der Waals surface area contributed by atoms with Crippen molar-refractivity contribution >= 4 is 11.8 Å². The van der Waals surface area contributed by atoms with Crippen molar-refractivity contribution in [3.63, 3.8) is 0 Å². The monoisotopic (exact) mass is 368 g/mol. The molecule has 140 valence electrons. The molecule has 0 saturated carbocycles. The second kappa shape index (κ2) is 7.46. The number of benzene rings is 2. The van der Waals surface area contributed by atoms with Gasteiger partial charge in [-0.2, -0.15) is 0 Å². The summed E-state index contributed by atoms with van der Waals surface area (Å²) in [6, 6.07) is 12.5. The Hall–Kier alpha value is -2.77. The standard InChI is InChI=1S/C20H21FN4O2/c21-17-6-4-13(5-7-17)18-19(26)22-8-9-25(18)20(27)15-3-1-2-14(10-15)16-11-23-24-12-16/h1-7,10,16,18,23-24H,8-9,11-12H2,(H,22,26). The van der Waals surface area contributed by atoms with Gasteiger partial charge in [0.15, 0.2) is 0 Å². The van der Waals surface area contributed by atoms with Gasteiger partial charge in [0.05, 0.1) is 0 Å². The van der Waals surface area contributed by atoms with Crippen LogP contribution in [0, 0.1) is 5.82 Å². The average molecular weight is 368 g/mol. The number of nitrogens with zero attached hydrogens (tertiary/aromatic N) is 1. The van der Waals surface area contributed by atoms with E-state index in [1.165, 1.54) is 12.1 Å². The van der Waals surface area contributed by atoms with Crippen LogP contribution in [-0.2, 0) is 4.79 Å². The number of hydrazine groups is 1. The Morgan fingerprint density at radius 2 is 1.78 bits per heavy atom. The second-order valence-electron chi connectivity index (χ2n) is 6.83. The molecule has 3 N–H and O–H groups in total. The normalized spacial score (nSPS) is 20.6. The van der Waals surface area contributed by atoms with Crippen molar-refractivity contribution in [1.29, 1.82) is 0 Å². The van der Waals surface area contributed by atoms with Gasteiger partial charge >= 0.3 is 0 Å². The summed E-state index contributed by atoms with van der Waals surface area (Å²) in [4.78, 5) is 27.3. The number of piperazine rings is 1. The third-order valence-corrected chi connectivity index (χ3v) is 5.09.